The van der Waals surface area contributed by atoms with Gasteiger partial charge in [0.15, 0.2) is 0 Å². The predicted molar refractivity (Wildman–Crippen MR) is 91.3 cm³/mol. The van der Waals surface area contributed by atoms with Crippen LogP contribution in [0.3, 0.4) is 0 Å². The highest BCUT2D eigenvalue weighted by Gasteiger charge is 2.13. The number of amides is 1. The summed E-state index contributed by atoms with van der Waals surface area (Å²) in [6, 6.07) is 15.0. The van der Waals surface area contributed by atoms with Crippen molar-refractivity contribution < 1.29 is 4.79 Å². The van der Waals surface area contributed by atoms with Crippen molar-refractivity contribution >= 4 is 16.9 Å². The Morgan fingerprint density at radius 1 is 1.12 bits per heavy atom. The van der Waals surface area contributed by atoms with Crippen molar-refractivity contribution in [2.24, 2.45) is 0 Å². The molecule has 2 aromatic carbocycles. The third-order valence-electron chi connectivity index (χ3n) is 3.83. The van der Waals surface area contributed by atoms with Crippen molar-refractivity contribution in [2.45, 2.75) is 6.42 Å². The smallest absolute Gasteiger partial charge is 0.253 e. The minimum Gasteiger partial charge on any atom is -0.352 e. The number of nitrogens with zero attached hydrogens (tertiary/aromatic N) is 5. The first-order valence-corrected chi connectivity index (χ1v) is 7.85. The van der Waals surface area contributed by atoms with E-state index < -0.39 is 0 Å². The van der Waals surface area contributed by atoms with Crippen LogP contribution in [0.15, 0.2) is 54.9 Å². The molecule has 25 heavy (non-hydrogen) atoms. The molecule has 8 nitrogen and oxygen atoms in total. The standard InChI is InChI=1S/C17H15N7O/c25-17(12-5-1-4-8-15(12)24-11-19-22-23-24)18-10-9-16-20-13-6-2-3-7-14(13)21-16/h1-8,11H,9-10H2,(H,18,25)(H,20,21). The first-order chi connectivity index (χ1) is 12.3. The van der Waals surface area contributed by atoms with E-state index in [9.17, 15) is 4.79 Å². The van der Waals surface area contributed by atoms with Crippen molar-refractivity contribution in [3.05, 3.63) is 66.2 Å². The normalized spacial score (nSPS) is 10.9. The lowest BCUT2D eigenvalue weighted by Gasteiger charge is -2.08. The summed E-state index contributed by atoms with van der Waals surface area (Å²) in [5.41, 5.74) is 3.06. The molecule has 0 aliphatic carbocycles. The molecule has 2 N–H and O–H groups in total. The zero-order chi connectivity index (χ0) is 17.1. The van der Waals surface area contributed by atoms with E-state index in [0.717, 1.165) is 16.9 Å². The molecular formula is C17H15N7O. The average Bonchev–Trinajstić information content (AvgIpc) is 3.31. The third-order valence-corrected chi connectivity index (χ3v) is 3.83. The van der Waals surface area contributed by atoms with Gasteiger partial charge in [0.2, 0.25) is 0 Å². The fourth-order valence-corrected chi connectivity index (χ4v) is 2.65. The quantitative estimate of drug-likeness (QED) is 0.576. The number of hydrogen-bond donors (Lipinski definition) is 2. The van der Waals surface area contributed by atoms with Gasteiger partial charge in [-0.2, -0.15) is 4.68 Å². The van der Waals surface area contributed by atoms with Crippen molar-refractivity contribution in [3.8, 4) is 5.69 Å². The SMILES string of the molecule is O=C(NCCc1nc2ccccc2[nH]1)c1ccccc1-n1cnnn1. The summed E-state index contributed by atoms with van der Waals surface area (Å²) in [5.74, 6) is 0.664. The molecule has 1 amide bonds. The number of carbonyl (C=O) groups is 1. The molecule has 0 radical (unpaired) electrons. The van der Waals surface area contributed by atoms with Gasteiger partial charge in [0, 0.05) is 13.0 Å². The zero-order valence-corrected chi connectivity index (χ0v) is 13.3. The molecule has 0 atom stereocenters. The van der Waals surface area contributed by atoms with Gasteiger partial charge in [-0.15, -0.1) is 5.10 Å². The van der Waals surface area contributed by atoms with Crippen LogP contribution < -0.4 is 5.32 Å². The first kappa shape index (κ1) is 15.0. The van der Waals surface area contributed by atoms with Crippen LogP contribution in [0.25, 0.3) is 16.7 Å². The van der Waals surface area contributed by atoms with Gasteiger partial charge in [-0.3, -0.25) is 4.79 Å². The Balaban J connectivity index is 1.44. The third kappa shape index (κ3) is 3.09. The molecule has 0 saturated carbocycles. The van der Waals surface area contributed by atoms with Crippen molar-refractivity contribution in [1.82, 2.24) is 35.5 Å². The molecule has 0 spiro atoms. The van der Waals surface area contributed by atoms with Gasteiger partial charge in [0.05, 0.1) is 22.3 Å². The molecule has 124 valence electrons. The van der Waals surface area contributed by atoms with E-state index in [-0.39, 0.29) is 5.91 Å². The maximum atomic E-state index is 12.5. The fraction of sp³-hybridized carbons (Fsp3) is 0.118. The van der Waals surface area contributed by atoms with Gasteiger partial charge in [-0.25, -0.2) is 4.98 Å². The number of fused-ring (bicyclic) bond motifs is 1. The summed E-state index contributed by atoms with van der Waals surface area (Å²) < 4.78 is 1.47. The molecule has 2 aromatic heterocycles. The van der Waals surface area contributed by atoms with Crippen molar-refractivity contribution in [1.29, 1.82) is 0 Å². The number of hydrogen-bond acceptors (Lipinski definition) is 5. The number of para-hydroxylation sites is 3. The molecule has 4 rings (SSSR count). The molecule has 0 fully saturated rings. The summed E-state index contributed by atoms with van der Waals surface area (Å²) >= 11 is 0. The summed E-state index contributed by atoms with van der Waals surface area (Å²) in [5, 5.41) is 14.0. The Hall–Kier alpha value is -3.55. The molecule has 2 heterocycles. The molecule has 4 aromatic rings. The maximum absolute atomic E-state index is 12.5. The molecule has 0 unspecified atom stereocenters. The zero-order valence-electron chi connectivity index (χ0n) is 13.3. The highest BCUT2D eigenvalue weighted by molar-refractivity contribution is 5.97. The van der Waals surface area contributed by atoms with Crippen LogP contribution in [-0.2, 0) is 6.42 Å². The highest BCUT2D eigenvalue weighted by atomic mass is 16.1. The van der Waals surface area contributed by atoms with Crippen LogP contribution in [0.1, 0.15) is 16.2 Å². The number of rotatable bonds is 5. The lowest BCUT2D eigenvalue weighted by Crippen LogP contribution is -2.27. The van der Waals surface area contributed by atoms with Crippen LogP contribution in [0.5, 0.6) is 0 Å². The number of benzene rings is 2. The predicted octanol–water partition coefficient (Wildman–Crippen LogP) is 1.51. The summed E-state index contributed by atoms with van der Waals surface area (Å²) in [6.07, 6.45) is 2.08. The topological polar surface area (TPSA) is 101 Å². The Morgan fingerprint density at radius 2 is 1.96 bits per heavy atom. The van der Waals surface area contributed by atoms with Crippen molar-refractivity contribution in [2.75, 3.05) is 6.54 Å². The number of aromatic amines is 1. The number of tetrazole rings is 1. The monoisotopic (exact) mass is 333 g/mol. The Morgan fingerprint density at radius 3 is 2.80 bits per heavy atom. The highest BCUT2D eigenvalue weighted by Crippen LogP contribution is 2.13. The summed E-state index contributed by atoms with van der Waals surface area (Å²) in [7, 11) is 0. The van der Waals surface area contributed by atoms with Crippen LogP contribution >= 0.6 is 0 Å². The van der Waals surface area contributed by atoms with Gasteiger partial charge >= 0.3 is 0 Å². The molecule has 0 bridgehead atoms. The van der Waals surface area contributed by atoms with Gasteiger partial charge in [0.1, 0.15) is 12.2 Å². The van der Waals surface area contributed by atoms with Crippen molar-refractivity contribution in [3.63, 3.8) is 0 Å². The Labute approximate surface area is 142 Å². The minimum atomic E-state index is -0.179. The molecule has 8 heteroatoms. The van der Waals surface area contributed by atoms with Crippen LogP contribution in [-0.4, -0.2) is 42.6 Å². The number of nitrogens with one attached hydrogen (secondary N) is 2. The van der Waals surface area contributed by atoms with Crippen LogP contribution in [0.4, 0.5) is 0 Å². The molecule has 0 aliphatic rings. The molecule has 0 aliphatic heterocycles. The summed E-state index contributed by atoms with van der Waals surface area (Å²) in [6.45, 7) is 0.475. The van der Waals surface area contributed by atoms with Gasteiger partial charge < -0.3 is 10.3 Å². The first-order valence-electron chi connectivity index (χ1n) is 7.85. The Bertz CT molecular complexity index is 974. The largest absolute Gasteiger partial charge is 0.352 e. The number of imidazole rings is 1. The number of carbonyl (C=O) groups excluding carboxylic acids is 1. The molecular weight excluding hydrogens is 318 g/mol. The fourth-order valence-electron chi connectivity index (χ4n) is 2.65. The number of H-pyrrole nitrogens is 1. The van der Waals surface area contributed by atoms with Gasteiger partial charge in [-0.05, 0) is 34.7 Å². The van der Waals surface area contributed by atoms with E-state index >= 15 is 0 Å². The molecule has 0 saturated heterocycles. The van der Waals surface area contributed by atoms with E-state index in [1.165, 1.54) is 11.0 Å². The average molecular weight is 333 g/mol. The van der Waals surface area contributed by atoms with E-state index in [2.05, 4.69) is 30.8 Å². The van der Waals surface area contributed by atoms with E-state index in [1.54, 1.807) is 12.1 Å². The summed E-state index contributed by atoms with van der Waals surface area (Å²) in [4.78, 5) is 20.3. The van der Waals surface area contributed by atoms with E-state index in [1.807, 2.05) is 36.4 Å². The minimum absolute atomic E-state index is 0.179. The second-order valence-electron chi connectivity index (χ2n) is 5.48. The van der Waals surface area contributed by atoms with Gasteiger partial charge in [0.25, 0.3) is 5.91 Å². The van der Waals surface area contributed by atoms with Gasteiger partial charge in [-0.1, -0.05) is 24.3 Å². The lowest BCUT2D eigenvalue weighted by molar-refractivity contribution is 0.0954. The van der Waals surface area contributed by atoms with E-state index in [4.69, 9.17) is 0 Å². The van der Waals surface area contributed by atoms with E-state index in [0.29, 0.717) is 24.2 Å². The lowest BCUT2D eigenvalue weighted by atomic mass is 10.1. The second-order valence-corrected chi connectivity index (χ2v) is 5.48. The van der Waals surface area contributed by atoms with Crippen LogP contribution in [0, 0.1) is 0 Å². The van der Waals surface area contributed by atoms with Crippen LogP contribution in [0.2, 0.25) is 0 Å². The maximum Gasteiger partial charge on any atom is 0.253 e. The Kier molecular flexibility index (Phi) is 3.91. The number of aromatic nitrogens is 6. The second kappa shape index (κ2) is 6.52.